The molecule has 0 radical (unpaired) electrons. The summed E-state index contributed by atoms with van der Waals surface area (Å²) in [6, 6.07) is 17.2. The Labute approximate surface area is 249 Å². The SMILES string of the molecule is O=c1oc2c(c(O)c1C(c1cccc(NS(=O)(=O)c3ccc(S(=O)(=O)c4ccccc4)s3)c1)C1CC1)CCCCCC2. The summed E-state index contributed by atoms with van der Waals surface area (Å²) in [5, 5.41) is 11.4. The van der Waals surface area contributed by atoms with Gasteiger partial charge < -0.3 is 9.52 Å². The predicted molar refractivity (Wildman–Crippen MR) is 161 cm³/mol. The maximum atomic E-state index is 13.3. The molecule has 0 bridgehead atoms. The van der Waals surface area contributed by atoms with Crippen LogP contribution in [0, 0.1) is 5.92 Å². The summed E-state index contributed by atoms with van der Waals surface area (Å²) in [5.41, 5.74) is 1.39. The third-order valence-corrected chi connectivity index (χ3v) is 13.2. The molecule has 2 aliphatic rings. The average Bonchev–Trinajstić information content (AvgIpc) is 3.64. The van der Waals surface area contributed by atoms with Gasteiger partial charge in [-0.25, -0.2) is 21.6 Å². The summed E-state index contributed by atoms with van der Waals surface area (Å²) in [5.74, 6) is 0.268. The number of nitrogens with one attached hydrogen (secondary N) is 1. The van der Waals surface area contributed by atoms with E-state index in [2.05, 4.69) is 4.72 Å². The average molecular weight is 626 g/mol. The number of benzene rings is 2. The first-order valence-electron chi connectivity index (χ1n) is 14.1. The number of thiophene rings is 1. The van der Waals surface area contributed by atoms with Crippen molar-refractivity contribution in [3.8, 4) is 5.75 Å². The van der Waals surface area contributed by atoms with E-state index < -0.39 is 31.4 Å². The molecule has 2 aliphatic carbocycles. The van der Waals surface area contributed by atoms with E-state index in [0.29, 0.717) is 41.1 Å². The van der Waals surface area contributed by atoms with Crippen LogP contribution in [0.15, 0.2) is 89.3 Å². The van der Waals surface area contributed by atoms with Gasteiger partial charge in [0, 0.05) is 23.6 Å². The summed E-state index contributed by atoms with van der Waals surface area (Å²) in [7, 11) is -7.97. The molecule has 1 unspecified atom stereocenters. The molecule has 2 N–H and O–H groups in total. The summed E-state index contributed by atoms with van der Waals surface area (Å²) < 4.78 is 60.7. The number of sulfone groups is 1. The fraction of sp³-hybridized carbons (Fsp3) is 0.323. The van der Waals surface area contributed by atoms with Crippen LogP contribution in [0.2, 0.25) is 0 Å². The molecule has 11 heteroatoms. The van der Waals surface area contributed by atoms with Gasteiger partial charge in [0.25, 0.3) is 10.0 Å². The standard InChI is InChI=1S/C31H31NO7S3/c33-30-24-13-6-1-2-7-14-25(24)39-31(34)29(30)28(20-15-16-20)21-9-8-10-22(19-21)32-42(37,38)27-18-17-26(40-27)41(35,36)23-11-4-3-5-12-23/h3-5,8-12,17-20,28,32-33H,1-2,6-7,13-16H2. The molecule has 2 aromatic carbocycles. The number of aryl methyl sites for hydroxylation is 1. The molecule has 0 amide bonds. The van der Waals surface area contributed by atoms with Gasteiger partial charge in [0.05, 0.1) is 10.5 Å². The van der Waals surface area contributed by atoms with Gasteiger partial charge in [-0.2, -0.15) is 0 Å². The summed E-state index contributed by atoms with van der Waals surface area (Å²) in [6.07, 6.45) is 6.98. The summed E-state index contributed by atoms with van der Waals surface area (Å²) in [6.45, 7) is 0. The summed E-state index contributed by atoms with van der Waals surface area (Å²) in [4.78, 5) is 13.3. The Balaban J connectivity index is 1.31. The molecule has 1 atom stereocenters. The Morgan fingerprint density at radius 3 is 2.31 bits per heavy atom. The number of hydrogen-bond donors (Lipinski definition) is 2. The minimum absolute atomic E-state index is 0.0109. The van der Waals surface area contributed by atoms with Crippen LogP contribution in [-0.4, -0.2) is 21.9 Å². The van der Waals surface area contributed by atoms with Crippen molar-refractivity contribution in [2.24, 2.45) is 5.92 Å². The molecule has 8 nitrogen and oxygen atoms in total. The van der Waals surface area contributed by atoms with Crippen LogP contribution in [0.5, 0.6) is 5.75 Å². The molecule has 220 valence electrons. The Morgan fingerprint density at radius 1 is 0.857 bits per heavy atom. The maximum absolute atomic E-state index is 13.3. The van der Waals surface area contributed by atoms with Crippen molar-refractivity contribution >= 4 is 36.9 Å². The van der Waals surface area contributed by atoms with Gasteiger partial charge in [0.2, 0.25) is 9.84 Å². The van der Waals surface area contributed by atoms with Gasteiger partial charge in [-0.3, -0.25) is 4.72 Å². The van der Waals surface area contributed by atoms with Crippen molar-refractivity contribution in [3.05, 3.63) is 99.6 Å². The van der Waals surface area contributed by atoms with Crippen LogP contribution in [-0.2, 0) is 32.7 Å². The van der Waals surface area contributed by atoms with Gasteiger partial charge >= 0.3 is 5.63 Å². The van der Waals surface area contributed by atoms with Gasteiger partial charge in [-0.15, -0.1) is 11.3 Å². The lowest BCUT2D eigenvalue weighted by Crippen LogP contribution is -2.19. The lowest BCUT2D eigenvalue weighted by molar-refractivity contribution is 0.382. The van der Waals surface area contributed by atoms with E-state index in [1.165, 1.54) is 24.3 Å². The van der Waals surface area contributed by atoms with Gasteiger partial charge in [0.15, 0.2) is 0 Å². The second-order valence-corrected chi connectivity index (χ2v) is 16.1. The molecule has 1 fully saturated rings. The molecular weight excluding hydrogens is 595 g/mol. The highest BCUT2D eigenvalue weighted by atomic mass is 32.3. The third-order valence-electron chi connectivity index (χ3n) is 7.94. The van der Waals surface area contributed by atoms with Crippen LogP contribution >= 0.6 is 11.3 Å². The van der Waals surface area contributed by atoms with Gasteiger partial charge in [-0.1, -0.05) is 43.2 Å². The first-order valence-corrected chi connectivity index (χ1v) is 17.8. The van der Waals surface area contributed by atoms with E-state index in [9.17, 15) is 26.7 Å². The van der Waals surface area contributed by atoms with E-state index in [1.54, 1.807) is 36.4 Å². The monoisotopic (exact) mass is 625 g/mol. The van der Waals surface area contributed by atoms with Crippen LogP contribution < -0.4 is 10.3 Å². The van der Waals surface area contributed by atoms with Gasteiger partial charge in [-0.05, 0) is 80.0 Å². The fourth-order valence-corrected chi connectivity index (χ4v) is 9.95. The molecular formula is C31H31NO7S3. The lowest BCUT2D eigenvalue weighted by atomic mass is 9.85. The second kappa shape index (κ2) is 11.3. The first kappa shape index (κ1) is 28.7. The topological polar surface area (TPSA) is 131 Å². The molecule has 2 aromatic heterocycles. The Hall–Kier alpha value is -3.41. The number of sulfonamides is 1. The fourth-order valence-electron chi connectivity index (χ4n) is 5.71. The van der Waals surface area contributed by atoms with Crippen LogP contribution in [0.4, 0.5) is 5.69 Å². The van der Waals surface area contributed by atoms with E-state index in [0.717, 1.165) is 38.5 Å². The highest BCUT2D eigenvalue weighted by Crippen LogP contribution is 2.49. The molecule has 0 aliphatic heterocycles. The van der Waals surface area contributed by atoms with E-state index >= 15 is 0 Å². The third kappa shape index (κ3) is 5.65. The molecule has 6 rings (SSSR count). The Kier molecular flexibility index (Phi) is 7.75. The normalized spacial score (nSPS) is 16.7. The van der Waals surface area contributed by atoms with Crippen LogP contribution in [0.1, 0.15) is 66.9 Å². The molecule has 1 saturated carbocycles. The second-order valence-electron chi connectivity index (χ2n) is 10.9. The quantitative estimate of drug-likeness (QED) is 0.237. The smallest absolute Gasteiger partial charge is 0.343 e. The van der Waals surface area contributed by atoms with Crippen LogP contribution in [0.3, 0.4) is 0 Å². The highest BCUT2D eigenvalue weighted by molar-refractivity contribution is 7.96. The minimum Gasteiger partial charge on any atom is -0.507 e. The van der Waals surface area contributed by atoms with Crippen molar-refractivity contribution in [2.45, 2.75) is 70.6 Å². The summed E-state index contributed by atoms with van der Waals surface area (Å²) >= 11 is 0.678. The molecule has 4 aromatic rings. The molecule has 42 heavy (non-hydrogen) atoms. The number of rotatable bonds is 8. The molecule has 0 spiro atoms. The van der Waals surface area contributed by atoms with Gasteiger partial charge in [0.1, 0.15) is 19.9 Å². The zero-order valence-electron chi connectivity index (χ0n) is 22.8. The zero-order valence-corrected chi connectivity index (χ0v) is 25.2. The van der Waals surface area contributed by atoms with Crippen LogP contribution in [0.25, 0.3) is 0 Å². The number of anilines is 1. The predicted octanol–water partition coefficient (Wildman–Crippen LogP) is 6.24. The molecule has 2 heterocycles. The Morgan fingerprint density at radius 2 is 1.57 bits per heavy atom. The maximum Gasteiger partial charge on any atom is 0.343 e. The van der Waals surface area contributed by atoms with Crippen molar-refractivity contribution in [3.63, 3.8) is 0 Å². The number of aromatic hydroxyl groups is 1. The van der Waals surface area contributed by atoms with E-state index in [-0.39, 0.29) is 36.2 Å². The number of hydrogen-bond acceptors (Lipinski definition) is 8. The highest BCUT2D eigenvalue weighted by Gasteiger charge is 2.38. The first-order chi connectivity index (χ1) is 20.1. The number of fused-ring (bicyclic) bond motifs is 1. The lowest BCUT2D eigenvalue weighted by Gasteiger charge is -2.22. The van der Waals surface area contributed by atoms with Crippen molar-refractivity contribution in [1.29, 1.82) is 0 Å². The Bertz CT molecular complexity index is 1890. The zero-order chi connectivity index (χ0) is 29.5. The minimum atomic E-state index is -4.11. The van der Waals surface area contributed by atoms with Crippen molar-refractivity contribution in [1.82, 2.24) is 0 Å². The largest absolute Gasteiger partial charge is 0.507 e. The van der Waals surface area contributed by atoms with Crippen molar-refractivity contribution < 1.29 is 26.4 Å². The van der Waals surface area contributed by atoms with E-state index in [4.69, 9.17) is 4.42 Å². The molecule has 0 saturated heterocycles. The van der Waals surface area contributed by atoms with Crippen molar-refractivity contribution in [2.75, 3.05) is 4.72 Å². The van der Waals surface area contributed by atoms with E-state index in [1.807, 2.05) is 6.07 Å².